The Bertz CT molecular complexity index is 1220. The summed E-state index contributed by atoms with van der Waals surface area (Å²) in [5.74, 6) is 2.28. The summed E-state index contributed by atoms with van der Waals surface area (Å²) in [6.07, 6.45) is 8.26. The van der Waals surface area contributed by atoms with Crippen molar-refractivity contribution < 1.29 is 9.53 Å². The average Bonchev–Trinajstić information content (AvgIpc) is 3.26. The Morgan fingerprint density at radius 2 is 1.97 bits per heavy atom. The summed E-state index contributed by atoms with van der Waals surface area (Å²) in [7, 11) is 0. The van der Waals surface area contributed by atoms with Crippen molar-refractivity contribution in [3.63, 3.8) is 0 Å². The number of carbonyl (C=O) groups excluding carboxylic acids is 1. The summed E-state index contributed by atoms with van der Waals surface area (Å²) >= 11 is 1.74. The van der Waals surface area contributed by atoms with E-state index < -0.39 is 0 Å². The number of amides is 1. The first kappa shape index (κ1) is 22.8. The van der Waals surface area contributed by atoms with E-state index >= 15 is 0 Å². The highest BCUT2D eigenvalue weighted by atomic mass is 32.2. The number of ether oxygens (including phenoxy) is 1. The molecule has 0 spiro atoms. The number of fused-ring (bicyclic) bond motifs is 1. The van der Waals surface area contributed by atoms with Crippen LogP contribution in [-0.2, 0) is 6.61 Å². The minimum Gasteiger partial charge on any atom is -0.488 e. The maximum absolute atomic E-state index is 13.2. The van der Waals surface area contributed by atoms with Gasteiger partial charge in [0.25, 0.3) is 5.91 Å². The molecule has 0 fully saturated rings. The average molecular weight is 462 g/mol. The third kappa shape index (κ3) is 5.34. The molecule has 1 atom stereocenters. The van der Waals surface area contributed by atoms with Gasteiger partial charge in [-0.15, -0.1) is 10.2 Å². The summed E-state index contributed by atoms with van der Waals surface area (Å²) in [5.41, 5.74) is 4.19. The van der Waals surface area contributed by atoms with Gasteiger partial charge >= 0.3 is 0 Å². The van der Waals surface area contributed by atoms with Gasteiger partial charge in [-0.1, -0.05) is 12.1 Å². The van der Waals surface area contributed by atoms with Crippen molar-refractivity contribution in [2.45, 2.75) is 32.9 Å². The zero-order chi connectivity index (χ0) is 23.2. The van der Waals surface area contributed by atoms with Gasteiger partial charge in [0, 0.05) is 29.7 Å². The molecule has 4 aromatic rings. The van der Waals surface area contributed by atoms with E-state index in [0.29, 0.717) is 12.2 Å². The topological polar surface area (TPSA) is 81.4 Å². The van der Waals surface area contributed by atoms with Crippen molar-refractivity contribution in [2.24, 2.45) is 0 Å². The molecule has 0 radical (unpaired) electrons. The molecule has 1 unspecified atom stereocenters. The van der Waals surface area contributed by atoms with Gasteiger partial charge in [-0.2, -0.15) is 11.8 Å². The Hall–Kier alpha value is -3.39. The summed E-state index contributed by atoms with van der Waals surface area (Å²) in [4.78, 5) is 17.3. The van der Waals surface area contributed by atoms with E-state index in [4.69, 9.17) is 4.74 Å². The lowest BCUT2D eigenvalue weighted by molar-refractivity contribution is 0.0933. The molecule has 170 valence electrons. The van der Waals surface area contributed by atoms with Crippen LogP contribution >= 0.6 is 11.8 Å². The largest absolute Gasteiger partial charge is 0.488 e. The highest BCUT2D eigenvalue weighted by molar-refractivity contribution is 7.98. The first-order chi connectivity index (χ1) is 16.1. The SMILES string of the molecule is CSCCC(NC(=O)c1cc(C)c(OCc2cccnc2)c(C)c1)c1nnc2ccccn12. The lowest BCUT2D eigenvalue weighted by Crippen LogP contribution is -2.30. The molecule has 0 saturated carbocycles. The molecule has 0 aliphatic heterocycles. The number of hydrogen-bond donors (Lipinski definition) is 1. The molecule has 7 nitrogen and oxygen atoms in total. The number of thioether (sulfide) groups is 1. The molecule has 4 rings (SSSR count). The fourth-order valence-corrected chi connectivity index (χ4v) is 4.26. The zero-order valence-electron chi connectivity index (χ0n) is 19.0. The summed E-state index contributed by atoms with van der Waals surface area (Å²) in [6, 6.07) is 13.1. The van der Waals surface area contributed by atoms with Crippen molar-refractivity contribution in [3.8, 4) is 5.75 Å². The van der Waals surface area contributed by atoms with Gasteiger partial charge in [0.2, 0.25) is 0 Å². The second-order valence-corrected chi connectivity index (χ2v) is 8.87. The van der Waals surface area contributed by atoms with E-state index in [0.717, 1.165) is 46.1 Å². The standard InChI is InChI=1S/C25H27N5O2S/c1-17-13-20(14-18(2)23(17)32-16-19-7-6-10-26-15-19)25(31)27-21(9-12-33-3)24-29-28-22-8-4-5-11-30(22)24/h4-8,10-11,13-15,21H,9,12,16H2,1-3H3,(H,27,31). The number of carbonyl (C=O) groups is 1. The molecule has 1 amide bonds. The quantitative estimate of drug-likeness (QED) is 0.394. The summed E-state index contributed by atoms with van der Waals surface area (Å²) < 4.78 is 7.96. The van der Waals surface area contributed by atoms with Gasteiger partial charge in [0.1, 0.15) is 12.4 Å². The lowest BCUT2D eigenvalue weighted by atomic mass is 10.0. The van der Waals surface area contributed by atoms with Crippen LogP contribution in [0.25, 0.3) is 5.65 Å². The van der Waals surface area contributed by atoms with Crippen LogP contribution in [0, 0.1) is 13.8 Å². The maximum atomic E-state index is 13.2. The van der Waals surface area contributed by atoms with Crippen molar-refractivity contribution in [1.29, 1.82) is 0 Å². The molecule has 0 bridgehead atoms. The van der Waals surface area contributed by atoms with Gasteiger partial charge < -0.3 is 10.1 Å². The number of nitrogens with zero attached hydrogens (tertiary/aromatic N) is 4. The van der Waals surface area contributed by atoms with Crippen molar-refractivity contribution in [3.05, 3.63) is 89.1 Å². The number of aromatic nitrogens is 4. The number of hydrogen-bond acceptors (Lipinski definition) is 6. The normalized spacial score (nSPS) is 12.0. The van der Waals surface area contributed by atoms with Crippen molar-refractivity contribution in [2.75, 3.05) is 12.0 Å². The predicted molar refractivity (Wildman–Crippen MR) is 131 cm³/mol. The molecule has 0 aliphatic carbocycles. The Kier molecular flexibility index (Phi) is 7.24. The smallest absolute Gasteiger partial charge is 0.251 e. The molecule has 3 aromatic heterocycles. The van der Waals surface area contributed by atoms with E-state index in [1.54, 1.807) is 24.2 Å². The van der Waals surface area contributed by atoms with Crippen LogP contribution < -0.4 is 10.1 Å². The number of nitrogens with one attached hydrogen (secondary N) is 1. The van der Waals surface area contributed by atoms with Crippen molar-refractivity contribution in [1.82, 2.24) is 24.9 Å². The lowest BCUT2D eigenvalue weighted by Gasteiger charge is -2.18. The zero-order valence-corrected chi connectivity index (χ0v) is 19.8. The van der Waals surface area contributed by atoms with E-state index in [1.807, 2.05) is 66.9 Å². The van der Waals surface area contributed by atoms with Gasteiger partial charge in [0.15, 0.2) is 11.5 Å². The molecule has 3 heterocycles. The Morgan fingerprint density at radius 1 is 1.15 bits per heavy atom. The van der Waals surface area contributed by atoms with Gasteiger partial charge in [0.05, 0.1) is 6.04 Å². The van der Waals surface area contributed by atoms with Crippen LogP contribution in [0.1, 0.15) is 45.3 Å². The van der Waals surface area contributed by atoms with Crippen molar-refractivity contribution >= 4 is 23.3 Å². The van der Waals surface area contributed by atoms with E-state index in [2.05, 4.69) is 26.8 Å². The van der Waals surface area contributed by atoms with E-state index in [-0.39, 0.29) is 11.9 Å². The van der Waals surface area contributed by atoms with Crippen LogP contribution in [0.2, 0.25) is 0 Å². The second kappa shape index (κ2) is 10.5. The van der Waals surface area contributed by atoms with Crippen LogP contribution in [0.4, 0.5) is 0 Å². The molecule has 33 heavy (non-hydrogen) atoms. The van der Waals surface area contributed by atoms with Gasteiger partial charge in [-0.25, -0.2) is 0 Å². The highest BCUT2D eigenvalue weighted by Crippen LogP contribution is 2.27. The van der Waals surface area contributed by atoms with Gasteiger partial charge in [-0.05, 0) is 73.7 Å². The van der Waals surface area contributed by atoms with Gasteiger partial charge in [-0.3, -0.25) is 14.2 Å². The highest BCUT2D eigenvalue weighted by Gasteiger charge is 2.22. The number of benzene rings is 1. The summed E-state index contributed by atoms with van der Waals surface area (Å²) in [6.45, 7) is 4.34. The van der Waals surface area contributed by atoms with E-state index in [1.165, 1.54) is 0 Å². The Morgan fingerprint density at radius 3 is 2.70 bits per heavy atom. The van der Waals surface area contributed by atoms with Crippen LogP contribution in [0.5, 0.6) is 5.75 Å². The Labute approximate surface area is 197 Å². The second-order valence-electron chi connectivity index (χ2n) is 7.88. The number of rotatable bonds is 9. The third-order valence-corrected chi connectivity index (χ3v) is 6.04. The molecule has 0 aliphatic rings. The molecule has 1 N–H and O–H groups in total. The van der Waals surface area contributed by atoms with Crippen LogP contribution in [0.3, 0.4) is 0 Å². The first-order valence-corrected chi connectivity index (χ1v) is 12.2. The Balaban J connectivity index is 1.53. The fourth-order valence-electron chi connectivity index (χ4n) is 3.79. The molecule has 8 heteroatoms. The predicted octanol–water partition coefficient (Wildman–Crippen LogP) is 4.54. The summed E-state index contributed by atoms with van der Waals surface area (Å²) in [5, 5.41) is 11.8. The molecular weight excluding hydrogens is 434 g/mol. The number of aryl methyl sites for hydroxylation is 2. The maximum Gasteiger partial charge on any atom is 0.251 e. The minimum atomic E-state index is -0.246. The molecular formula is C25H27N5O2S. The monoisotopic (exact) mass is 461 g/mol. The number of pyridine rings is 2. The molecule has 1 aromatic carbocycles. The fraction of sp³-hybridized carbons (Fsp3) is 0.280. The van der Waals surface area contributed by atoms with E-state index in [9.17, 15) is 4.79 Å². The van der Waals surface area contributed by atoms with Crippen LogP contribution in [0.15, 0.2) is 61.1 Å². The minimum absolute atomic E-state index is 0.140. The third-order valence-electron chi connectivity index (χ3n) is 5.40. The molecule has 0 saturated heterocycles. The van der Waals surface area contributed by atoms with Crippen LogP contribution in [-0.4, -0.2) is 37.5 Å². The first-order valence-electron chi connectivity index (χ1n) is 10.8.